The summed E-state index contributed by atoms with van der Waals surface area (Å²) < 4.78 is 0. The molecule has 2 N–H and O–H groups in total. The second-order valence-corrected chi connectivity index (χ2v) is 5.82. The summed E-state index contributed by atoms with van der Waals surface area (Å²) >= 11 is 0. The Labute approximate surface area is 133 Å². The van der Waals surface area contributed by atoms with E-state index < -0.39 is 6.10 Å². The molecular weight excluding hydrogens is 290 g/mol. The van der Waals surface area contributed by atoms with Gasteiger partial charge in [-0.1, -0.05) is 48.5 Å². The monoisotopic (exact) mass is 307 g/mol. The summed E-state index contributed by atoms with van der Waals surface area (Å²) in [5, 5.41) is 24.3. The van der Waals surface area contributed by atoms with Gasteiger partial charge in [0.25, 0.3) is 0 Å². The number of β-amino-alcohol motifs (C(OH)–C–C–N with tert-alkyl or cyclic N) is 1. The normalized spacial score (nSPS) is 17.9. The molecule has 2 aromatic carbocycles. The number of fused-ring (bicyclic) bond motifs is 1. The van der Waals surface area contributed by atoms with Gasteiger partial charge in [0.2, 0.25) is 5.82 Å². The molecule has 0 amide bonds. The molecule has 0 radical (unpaired) electrons. The summed E-state index contributed by atoms with van der Waals surface area (Å²) in [7, 11) is 0. The van der Waals surface area contributed by atoms with Gasteiger partial charge >= 0.3 is 0 Å². The van der Waals surface area contributed by atoms with Crippen molar-refractivity contribution >= 4 is 0 Å². The molecule has 6 heteroatoms. The second-order valence-electron chi connectivity index (χ2n) is 5.82. The highest BCUT2D eigenvalue weighted by Gasteiger charge is 2.23. The maximum atomic E-state index is 10.3. The highest BCUT2D eigenvalue weighted by atomic mass is 16.3. The van der Waals surface area contributed by atoms with Gasteiger partial charge in [-0.2, -0.15) is 5.21 Å². The van der Waals surface area contributed by atoms with Crippen LogP contribution in [-0.4, -0.2) is 37.2 Å². The lowest BCUT2D eigenvalue weighted by molar-refractivity contribution is 0.0882. The maximum absolute atomic E-state index is 10.3. The Kier molecular flexibility index (Phi) is 3.61. The maximum Gasteiger partial charge on any atom is 0.204 e. The first kappa shape index (κ1) is 14.0. The zero-order chi connectivity index (χ0) is 15.6. The van der Waals surface area contributed by atoms with Gasteiger partial charge in [0.1, 0.15) is 0 Å². The van der Waals surface area contributed by atoms with Crippen LogP contribution in [0.1, 0.15) is 22.8 Å². The van der Waals surface area contributed by atoms with Gasteiger partial charge in [-0.3, -0.25) is 4.90 Å². The molecule has 2 heterocycles. The van der Waals surface area contributed by atoms with Crippen molar-refractivity contribution < 1.29 is 5.11 Å². The molecule has 1 atom stereocenters. The highest BCUT2D eigenvalue weighted by molar-refractivity contribution is 5.54. The molecule has 1 aliphatic rings. The number of nitrogens with one attached hydrogen (secondary N) is 1. The van der Waals surface area contributed by atoms with E-state index in [9.17, 15) is 5.11 Å². The number of tetrazole rings is 1. The van der Waals surface area contributed by atoms with Crippen LogP contribution in [0.5, 0.6) is 0 Å². The zero-order valence-corrected chi connectivity index (χ0v) is 12.6. The first-order chi connectivity index (χ1) is 11.3. The number of aliphatic hydroxyl groups is 1. The number of rotatable bonds is 3. The average Bonchev–Trinajstić information content (AvgIpc) is 3.10. The smallest absolute Gasteiger partial charge is 0.204 e. The van der Waals surface area contributed by atoms with Crippen LogP contribution in [0.2, 0.25) is 0 Å². The summed E-state index contributed by atoms with van der Waals surface area (Å²) in [6, 6.07) is 16.2. The third kappa shape index (κ3) is 2.86. The van der Waals surface area contributed by atoms with Crippen LogP contribution >= 0.6 is 0 Å². The summed E-state index contributed by atoms with van der Waals surface area (Å²) in [5.41, 5.74) is 4.39. The predicted octanol–water partition coefficient (Wildman–Crippen LogP) is 1.92. The Balaban J connectivity index is 1.49. The van der Waals surface area contributed by atoms with E-state index in [2.05, 4.69) is 43.7 Å². The molecule has 6 nitrogen and oxygen atoms in total. The third-order valence-electron chi connectivity index (χ3n) is 4.20. The fourth-order valence-corrected chi connectivity index (χ4v) is 3.07. The first-order valence-electron chi connectivity index (χ1n) is 7.60. The SMILES string of the molecule is OC1CN(Cc2ccc(-c3nn[nH]n3)cc2)Cc2ccccc21. The lowest BCUT2D eigenvalue weighted by atomic mass is 9.97. The van der Waals surface area contributed by atoms with Gasteiger partial charge in [0, 0.05) is 25.2 Å². The number of nitrogens with zero attached hydrogens (tertiary/aromatic N) is 4. The molecule has 1 aromatic heterocycles. The Morgan fingerprint density at radius 3 is 2.74 bits per heavy atom. The van der Waals surface area contributed by atoms with Crippen LogP contribution in [0.25, 0.3) is 11.4 Å². The summed E-state index contributed by atoms with van der Waals surface area (Å²) in [4.78, 5) is 2.26. The van der Waals surface area contributed by atoms with Crippen LogP contribution in [0, 0.1) is 0 Å². The molecule has 1 aliphatic heterocycles. The quantitative estimate of drug-likeness (QED) is 0.773. The minimum Gasteiger partial charge on any atom is -0.387 e. The zero-order valence-electron chi connectivity index (χ0n) is 12.6. The van der Waals surface area contributed by atoms with E-state index in [-0.39, 0.29) is 0 Å². The number of hydrogen-bond donors (Lipinski definition) is 2. The predicted molar refractivity (Wildman–Crippen MR) is 85.1 cm³/mol. The Bertz CT molecular complexity index is 785. The van der Waals surface area contributed by atoms with Crippen molar-refractivity contribution in [2.45, 2.75) is 19.2 Å². The summed E-state index contributed by atoms with van der Waals surface area (Å²) in [5.74, 6) is 0.596. The number of hydrogen-bond acceptors (Lipinski definition) is 5. The molecule has 0 aliphatic carbocycles. The molecule has 1 unspecified atom stereocenters. The molecule has 4 rings (SSSR count). The van der Waals surface area contributed by atoms with E-state index in [1.54, 1.807) is 0 Å². The molecule has 3 aromatic rings. The largest absolute Gasteiger partial charge is 0.387 e. The topological polar surface area (TPSA) is 77.9 Å². The van der Waals surface area contributed by atoms with E-state index in [0.29, 0.717) is 12.4 Å². The van der Waals surface area contributed by atoms with Crippen molar-refractivity contribution in [3.8, 4) is 11.4 Å². The lowest BCUT2D eigenvalue weighted by Gasteiger charge is -2.32. The van der Waals surface area contributed by atoms with Crippen molar-refractivity contribution in [2.75, 3.05) is 6.54 Å². The Morgan fingerprint density at radius 2 is 1.96 bits per heavy atom. The number of benzene rings is 2. The fraction of sp³-hybridized carbons (Fsp3) is 0.235. The van der Waals surface area contributed by atoms with E-state index in [1.807, 2.05) is 30.3 Å². The Morgan fingerprint density at radius 1 is 1.13 bits per heavy atom. The lowest BCUT2D eigenvalue weighted by Crippen LogP contribution is -2.33. The van der Waals surface area contributed by atoms with Crippen molar-refractivity contribution in [3.05, 3.63) is 65.2 Å². The van der Waals surface area contributed by atoms with E-state index in [1.165, 1.54) is 11.1 Å². The second kappa shape index (κ2) is 5.91. The number of aliphatic hydroxyl groups excluding tert-OH is 1. The standard InChI is InChI=1S/C17H17N5O/c23-16-11-22(10-14-3-1-2-4-15(14)16)9-12-5-7-13(8-6-12)17-18-20-21-19-17/h1-8,16,23H,9-11H2,(H,18,19,20,21). The average molecular weight is 307 g/mol. The summed E-state index contributed by atoms with van der Waals surface area (Å²) in [6.07, 6.45) is -0.418. The number of aromatic nitrogens is 4. The third-order valence-corrected chi connectivity index (χ3v) is 4.20. The summed E-state index contributed by atoms with van der Waals surface area (Å²) in [6.45, 7) is 2.32. The van der Waals surface area contributed by atoms with Crippen molar-refractivity contribution in [3.63, 3.8) is 0 Å². The molecule has 0 bridgehead atoms. The fourth-order valence-electron chi connectivity index (χ4n) is 3.07. The van der Waals surface area contributed by atoms with E-state index in [0.717, 1.165) is 24.2 Å². The van der Waals surface area contributed by atoms with Gasteiger partial charge < -0.3 is 5.11 Å². The molecule has 116 valence electrons. The molecule has 0 saturated heterocycles. The van der Waals surface area contributed by atoms with Crippen molar-refractivity contribution in [1.82, 2.24) is 25.5 Å². The Hall–Kier alpha value is -2.57. The van der Waals surface area contributed by atoms with Gasteiger partial charge in [-0.15, -0.1) is 10.2 Å². The molecule has 23 heavy (non-hydrogen) atoms. The van der Waals surface area contributed by atoms with Gasteiger partial charge in [0.15, 0.2) is 0 Å². The van der Waals surface area contributed by atoms with Gasteiger partial charge in [-0.25, -0.2) is 0 Å². The minimum atomic E-state index is -0.418. The number of H-pyrrole nitrogens is 1. The van der Waals surface area contributed by atoms with E-state index in [4.69, 9.17) is 0 Å². The molecular formula is C17H17N5O. The van der Waals surface area contributed by atoms with Crippen LogP contribution in [0.15, 0.2) is 48.5 Å². The first-order valence-corrected chi connectivity index (χ1v) is 7.60. The number of aromatic amines is 1. The van der Waals surface area contributed by atoms with E-state index >= 15 is 0 Å². The van der Waals surface area contributed by atoms with Crippen LogP contribution in [0.3, 0.4) is 0 Å². The molecule has 0 spiro atoms. The minimum absolute atomic E-state index is 0.418. The highest BCUT2D eigenvalue weighted by Crippen LogP contribution is 2.27. The van der Waals surface area contributed by atoms with Crippen molar-refractivity contribution in [2.24, 2.45) is 0 Å². The van der Waals surface area contributed by atoms with Crippen LogP contribution in [-0.2, 0) is 13.1 Å². The molecule has 0 fully saturated rings. The van der Waals surface area contributed by atoms with Crippen LogP contribution in [0.4, 0.5) is 0 Å². The van der Waals surface area contributed by atoms with Crippen molar-refractivity contribution in [1.29, 1.82) is 0 Å². The van der Waals surface area contributed by atoms with Crippen LogP contribution < -0.4 is 0 Å². The molecule has 0 saturated carbocycles. The van der Waals surface area contributed by atoms with Gasteiger partial charge in [0.05, 0.1) is 6.10 Å². The van der Waals surface area contributed by atoms with Gasteiger partial charge in [-0.05, 0) is 21.9 Å².